The van der Waals surface area contributed by atoms with Crippen LogP contribution in [-0.4, -0.2) is 61.8 Å². The lowest BCUT2D eigenvalue weighted by atomic mass is 9.95. The number of aliphatic hydroxyl groups is 1. The highest BCUT2D eigenvalue weighted by Gasteiger charge is 2.48. The normalized spacial score (nSPS) is 17.2. The van der Waals surface area contributed by atoms with E-state index in [1.807, 2.05) is 0 Å². The molecular formula is C31H32N2O9S. The highest BCUT2D eigenvalue weighted by atomic mass is 32.1. The van der Waals surface area contributed by atoms with Crippen LogP contribution in [0, 0.1) is 6.92 Å². The minimum Gasteiger partial charge on any atom is -0.507 e. The zero-order valence-corrected chi connectivity index (χ0v) is 25.1. The van der Waals surface area contributed by atoms with Crippen molar-refractivity contribution < 1.29 is 43.2 Å². The van der Waals surface area contributed by atoms with Gasteiger partial charge in [-0.1, -0.05) is 37.2 Å². The number of rotatable bonds is 10. The number of benzene rings is 2. The summed E-state index contributed by atoms with van der Waals surface area (Å²) in [6.45, 7) is 4.95. The van der Waals surface area contributed by atoms with Crippen LogP contribution in [0.5, 0.6) is 23.0 Å². The van der Waals surface area contributed by atoms with Gasteiger partial charge in [0.2, 0.25) is 0 Å². The van der Waals surface area contributed by atoms with E-state index in [9.17, 15) is 19.5 Å². The Kier molecular flexibility index (Phi) is 8.86. The van der Waals surface area contributed by atoms with Crippen molar-refractivity contribution >= 4 is 39.9 Å². The van der Waals surface area contributed by atoms with E-state index in [-0.39, 0.29) is 21.1 Å². The number of carbonyl (C=O) groups is 3. The Bertz CT molecular complexity index is 1600. The number of Topliss-reactive ketones (excluding diaryl/α,β-unsaturated/α-hetero) is 1. The molecule has 0 spiro atoms. The molecule has 1 saturated heterocycles. The highest BCUT2D eigenvalue weighted by molar-refractivity contribution is 7.17. The number of aliphatic hydroxyl groups excluding tert-OH is 1. The lowest BCUT2D eigenvalue weighted by Gasteiger charge is -2.24. The molecule has 3 aromatic rings. The first-order valence-corrected chi connectivity index (χ1v) is 14.7. The number of aryl methyl sites for hydroxylation is 1. The lowest BCUT2D eigenvalue weighted by Crippen LogP contribution is -2.29. The van der Waals surface area contributed by atoms with Gasteiger partial charge >= 0.3 is 11.9 Å². The summed E-state index contributed by atoms with van der Waals surface area (Å²) in [5.41, 5.74) is 0.907. The first kappa shape index (κ1) is 29.9. The summed E-state index contributed by atoms with van der Waals surface area (Å²) in [4.78, 5) is 45.5. The molecule has 12 heteroatoms. The number of nitrogens with zero attached hydrogens (tertiary/aromatic N) is 2. The Morgan fingerprint density at radius 1 is 1.07 bits per heavy atom. The second kappa shape index (κ2) is 12.7. The average molecular weight is 609 g/mol. The SMILES string of the molecule is CCCCCOc1ccc(C2C(=C(O)c3ccc4c(c3)OCCO4)C(=O)C(=O)N2c2nc(C)c(C(=O)OC)s2)cc1OC. The molecule has 5 rings (SSSR count). The summed E-state index contributed by atoms with van der Waals surface area (Å²) in [5, 5.41) is 11.7. The largest absolute Gasteiger partial charge is 0.507 e. The Labute approximate surface area is 252 Å². The van der Waals surface area contributed by atoms with Crippen molar-refractivity contribution in [3.05, 3.63) is 63.7 Å². The number of unbranched alkanes of at least 4 members (excludes halogenated alkanes) is 2. The fourth-order valence-electron chi connectivity index (χ4n) is 4.97. The third kappa shape index (κ3) is 5.74. The number of aromatic nitrogens is 1. The van der Waals surface area contributed by atoms with E-state index in [1.54, 1.807) is 43.3 Å². The standard InChI is InChI=1S/C31H32N2O9S/c1-5-6-7-12-40-20-10-8-18(15-22(20)38-3)25-24(26(34)19-9-11-21-23(16-19)42-14-13-41-21)27(35)29(36)33(25)31-32-17(2)28(43-31)30(37)39-4/h8-11,15-16,25,34H,5-7,12-14H2,1-4H3. The number of ether oxygens (including phenoxy) is 5. The minimum atomic E-state index is -1.10. The van der Waals surface area contributed by atoms with Crippen LogP contribution in [-0.2, 0) is 14.3 Å². The predicted molar refractivity (Wildman–Crippen MR) is 158 cm³/mol. The van der Waals surface area contributed by atoms with Crippen molar-refractivity contribution in [2.45, 2.75) is 39.2 Å². The zero-order chi connectivity index (χ0) is 30.7. The van der Waals surface area contributed by atoms with Gasteiger partial charge in [0, 0.05) is 5.56 Å². The summed E-state index contributed by atoms with van der Waals surface area (Å²) in [6.07, 6.45) is 2.95. The fourth-order valence-corrected chi connectivity index (χ4v) is 5.98. The van der Waals surface area contributed by atoms with Crippen molar-refractivity contribution in [3.63, 3.8) is 0 Å². The van der Waals surface area contributed by atoms with Crippen molar-refractivity contribution in [1.29, 1.82) is 0 Å². The van der Waals surface area contributed by atoms with Crippen LogP contribution >= 0.6 is 11.3 Å². The Morgan fingerprint density at radius 2 is 1.84 bits per heavy atom. The molecule has 1 unspecified atom stereocenters. The monoisotopic (exact) mass is 608 g/mol. The molecule has 0 saturated carbocycles. The molecular weight excluding hydrogens is 576 g/mol. The van der Waals surface area contributed by atoms with Crippen molar-refractivity contribution in [3.8, 4) is 23.0 Å². The minimum absolute atomic E-state index is 0.102. The summed E-state index contributed by atoms with van der Waals surface area (Å²) in [6, 6.07) is 8.76. The quantitative estimate of drug-likeness (QED) is 0.107. The van der Waals surface area contributed by atoms with Gasteiger partial charge in [-0.05, 0) is 49.2 Å². The van der Waals surface area contributed by atoms with Gasteiger partial charge in [0.25, 0.3) is 5.78 Å². The number of thiazole rings is 1. The van der Waals surface area contributed by atoms with E-state index in [0.717, 1.165) is 30.6 Å². The number of amides is 1. The molecule has 0 radical (unpaired) electrons. The number of esters is 1. The van der Waals surface area contributed by atoms with Gasteiger partial charge in [-0.15, -0.1) is 0 Å². The molecule has 1 atom stereocenters. The van der Waals surface area contributed by atoms with Crippen molar-refractivity contribution in [2.75, 3.05) is 38.9 Å². The van der Waals surface area contributed by atoms with Gasteiger partial charge in [-0.25, -0.2) is 9.78 Å². The molecule has 1 aromatic heterocycles. The van der Waals surface area contributed by atoms with Gasteiger partial charge in [0.05, 0.1) is 38.1 Å². The fraction of sp³-hybridized carbons (Fsp3) is 0.355. The molecule has 226 valence electrons. The van der Waals surface area contributed by atoms with Gasteiger partial charge in [-0.3, -0.25) is 14.5 Å². The van der Waals surface area contributed by atoms with Gasteiger partial charge in [-0.2, -0.15) is 0 Å². The van der Waals surface area contributed by atoms with E-state index in [2.05, 4.69) is 11.9 Å². The Morgan fingerprint density at radius 3 is 2.56 bits per heavy atom. The molecule has 0 bridgehead atoms. The topological polar surface area (TPSA) is 134 Å². The van der Waals surface area contributed by atoms with Gasteiger partial charge in [0.1, 0.15) is 23.9 Å². The second-order valence-electron chi connectivity index (χ2n) is 9.90. The van der Waals surface area contributed by atoms with Crippen LogP contribution in [0.1, 0.15) is 58.7 Å². The van der Waals surface area contributed by atoms with Crippen LogP contribution in [0.4, 0.5) is 5.13 Å². The first-order chi connectivity index (χ1) is 20.8. The first-order valence-electron chi connectivity index (χ1n) is 13.9. The summed E-state index contributed by atoms with van der Waals surface area (Å²) in [5.74, 6) is -1.02. The Hall–Kier alpha value is -4.58. The smallest absolute Gasteiger partial charge is 0.350 e. The van der Waals surface area contributed by atoms with Crippen LogP contribution in [0.3, 0.4) is 0 Å². The van der Waals surface area contributed by atoms with E-state index in [0.29, 0.717) is 54.1 Å². The molecule has 11 nitrogen and oxygen atoms in total. The molecule has 0 aliphatic carbocycles. The predicted octanol–water partition coefficient (Wildman–Crippen LogP) is 5.21. The van der Waals surface area contributed by atoms with E-state index >= 15 is 0 Å². The van der Waals surface area contributed by atoms with Crippen LogP contribution in [0.15, 0.2) is 42.0 Å². The van der Waals surface area contributed by atoms with E-state index < -0.39 is 29.5 Å². The summed E-state index contributed by atoms with van der Waals surface area (Å²) < 4.78 is 27.7. The number of hydrogen-bond donors (Lipinski definition) is 1. The van der Waals surface area contributed by atoms with Crippen LogP contribution < -0.4 is 23.8 Å². The second-order valence-corrected chi connectivity index (χ2v) is 10.9. The van der Waals surface area contributed by atoms with Crippen LogP contribution in [0.25, 0.3) is 5.76 Å². The molecule has 3 heterocycles. The number of fused-ring (bicyclic) bond motifs is 1. The number of carbonyl (C=O) groups excluding carboxylic acids is 3. The van der Waals surface area contributed by atoms with Gasteiger partial charge in [0.15, 0.2) is 28.1 Å². The average Bonchev–Trinajstić information content (AvgIpc) is 3.54. The summed E-state index contributed by atoms with van der Waals surface area (Å²) >= 11 is 0.921. The maximum atomic E-state index is 13.6. The maximum absolute atomic E-state index is 13.6. The number of hydrogen-bond acceptors (Lipinski definition) is 11. The maximum Gasteiger partial charge on any atom is 0.350 e. The molecule has 2 aliphatic heterocycles. The van der Waals surface area contributed by atoms with Crippen molar-refractivity contribution in [2.24, 2.45) is 0 Å². The zero-order valence-electron chi connectivity index (χ0n) is 24.3. The van der Waals surface area contributed by atoms with E-state index in [4.69, 9.17) is 23.7 Å². The van der Waals surface area contributed by atoms with E-state index in [1.165, 1.54) is 19.1 Å². The van der Waals surface area contributed by atoms with Crippen LogP contribution in [0.2, 0.25) is 0 Å². The van der Waals surface area contributed by atoms with Crippen molar-refractivity contribution in [1.82, 2.24) is 4.98 Å². The molecule has 1 N–H and O–H groups in total. The molecule has 43 heavy (non-hydrogen) atoms. The molecule has 1 fully saturated rings. The third-order valence-corrected chi connectivity index (χ3v) is 8.27. The van der Waals surface area contributed by atoms with Gasteiger partial charge < -0.3 is 28.8 Å². The summed E-state index contributed by atoms with van der Waals surface area (Å²) in [7, 11) is 2.75. The number of ketones is 1. The Balaban J connectivity index is 1.64. The molecule has 2 aromatic carbocycles. The number of anilines is 1. The number of methoxy groups -OCH3 is 2. The molecule has 2 aliphatic rings. The molecule has 1 amide bonds. The third-order valence-electron chi connectivity index (χ3n) is 7.13. The lowest BCUT2D eigenvalue weighted by molar-refractivity contribution is -0.132. The highest BCUT2D eigenvalue weighted by Crippen LogP contribution is 2.46.